The third-order valence-corrected chi connectivity index (χ3v) is 2.50. The molecule has 16 heavy (non-hydrogen) atoms. The summed E-state index contributed by atoms with van der Waals surface area (Å²) in [6, 6.07) is 8.53. The van der Waals surface area contributed by atoms with E-state index in [-0.39, 0.29) is 0 Å². The highest BCUT2D eigenvalue weighted by atomic mass is 14.7. The van der Waals surface area contributed by atoms with Crippen LogP contribution in [0.25, 0.3) is 0 Å². The van der Waals surface area contributed by atoms with Crippen molar-refractivity contribution in [3.8, 4) is 0 Å². The van der Waals surface area contributed by atoms with Crippen molar-refractivity contribution in [3.05, 3.63) is 35.4 Å². The molecule has 88 valence electrons. The molecule has 0 aliphatic heterocycles. The second kappa shape index (κ2) is 6.44. The molecule has 2 heteroatoms. The van der Waals surface area contributed by atoms with Crippen molar-refractivity contribution in [2.75, 3.05) is 13.1 Å². The molecule has 0 atom stereocenters. The molecule has 2 nitrogen and oxygen atoms in total. The van der Waals surface area contributed by atoms with E-state index in [1.807, 2.05) is 0 Å². The lowest BCUT2D eigenvalue weighted by atomic mass is 10.1. The summed E-state index contributed by atoms with van der Waals surface area (Å²) in [4.78, 5) is 4.56. The third-order valence-electron chi connectivity index (χ3n) is 2.50. The molecule has 0 unspecified atom stereocenters. The summed E-state index contributed by atoms with van der Waals surface area (Å²) < 4.78 is 0. The minimum atomic E-state index is 0.617. The molecule has 0 aliphatic rings. The van der Waals surface area contributed by atoms with Gasteiger partial charge in [0.1, 0.15) is 0 Å². The van der Waals surface area contributed by atoms with E-state index < -0.39 is 0 Å². The van der Waals surface area contributed by atoms with Crippen molar-refractivity contribution in [2.24, 2.45) is 16.6 Å². The average molecular weight is 218 g/mol. The Morgan fingerprint density at radius 2 is 1.88 bits per heavy atom. The van der Waals surface area contributed by atoms with Crippen LogP contribution in [0.3, 0.4) is 0 Å². The van der Waals surface area contributed by atoms with Gasteiger partial charge in [-0.25, -0.2) is 0 Å². The van der Waals surface area contributed by atoms with Gasteiger partial charge in [0.2, 0.25) is 0 Å². The SMILES string of the molecule is C/C(=N/CC(C)C)c1ccc(CCN)cc1. The Bertz CT molecular complexity index is 336. The number of nitrogens with zero attached hydrogens (tertiary/aromatic N) is 1. The molecular formula is C14H22N2. The summed E-state index contributed by atoms with van der Waals surface area (Å²) in [6.45, 7) is 8.04. The maximum atomic E-state index is 5.52. The number of benzene rings is 1. The molecule has 1 aromatic carbocycles. The summed E-state index contributed by atoms with van der Waals surface area (Å²) >= 11 is 0. The van der Waals surface area contributed by atoms with Crippen LogP contribution in [0.2, 0.25) is 0 Å². The molecule has 0 saturated heterocycles. The van der Waals surface area contributed by atoms with Gasteiger partial charge in [-0.3, -0.25) is 4.99 Å². The van der Waals surface area contributed by atoms with Crippen LogP contribution < -0.4 is 5.73 Å². The number of rotatable bonds is 5. The number of aliphatic imine (C=N–C) groups is 1. The molecule has 0 saturated carbocycles. The minimum Gasteiger partial charge on any atom is -0.330 e. The highest BCUT2D eigenvalue weighted by Crippen LogP contribution is 2.07. The Labute approximate surface area is 98.6 Å². The van der Waals surface area contributed by atoms with Gasteiger partial charge in [-0.05, 0) is 36.9 Å². The second-order valence-corrected chi connectivity index (χ2v) is 4.56. The Kier molecular flexibility index (Phi) is 5.20. The largest absolute Gasteiger partial charge is 0.330 e. The van der Waals surface area contributed by atoms with Crippen molar-refractivity contribution in [1.29, 1.82) is 0 Å². The summed E-state index contributed by atoms with van der Waals surface area (Å²) in [5, 5.41) is 0. The molecule has 0 bridgehead atoms. The summed E-state index contributed by atoms with van der Waals surface area (Å²) in [7, 11) is 0. The fraction of sp³-hybridized carbons (Fsp3) is 0.500. The van der Waals surface area contributed by atoms with Gasteiger partial charge in [-0.15, -0.1) is 0 Å². The van der Waals surface area contributed by atoms with Crippen LogP contribution in [0.15, 0.2) is 29.3 Å². The number of hydrogen-bond acceptors (Lipinski definition) is 2. The Hall–Kier alpha value is -1.15. The predicted molar refractivity (Wildman–Crippen MR) is 71.1 cm³/mol. The molecule has 0 aromatic heterocycles. The molecule has 1 rings (SSSR count). The first-order valence-electron chi connectivity index (χ1n) is 5.94. The molecule has 0 fully saturated rings. The number of nitrogens with two attached hydrogens (primary N) is 1. The van der Waals surface area contributed by atoms with E-state index in [0.29, 0.717) is 12.5 Å². The van der Waals surface area contributed by atoms with Gasteiger partial charge in [0.05, 0.1) is 0 Å². The van der Waals surface area contributed by atoms with Crippen LogP contribution in [0.5, 0.6) is 0 Å². The Morgan fingerprint density at radius 3 is 2.38 bits per heavy atom. The van der Waals surface area contributed by atoms with E-state index in [1.165, 1.54) is 11.1 Å². The average Bonchev–Trinajstić information content (AvgIpc) is 2.27. The van der Waals surface area contributed by atoms with E-state index in [2.05, 4.69) is 50.0 Å². The molecule has 1 aromatic rings. The maximum Gasteiger partial charge on any atom is 0.0415 e. The Morgan fingerprint density at radius 1 is 1.25 bits per heavy atom. The molecular weight excluding hydrogens is 196 g/mol. The third kappa shape index (κ3) is 4.15. The van der Waals surface area contributed by atoms with Crippen LogP contribution in [0.1, 0.15) is 31.9 Å². The number of hydrogen-bond donors (Lipinski definition) is 1. The lowest BCUT2D eigenvalue weighted by molar-refractivity contribution is 0.665. The first-order chi connectivity index (χ1) is 7.63. The fourth-order valence-electron chi connectivity index (χ4n) is 1.49. The van der Waals surface area contributed by atoms with Crippen LogP contribution in [0.4, 0.5) is 0 Å². The highest BCUT2D eigenvalue weighted by Gasteiger charge is 1.98. The maximum absolute atomic E-state index is 5.52. The van der Waals surface area contributed by atoms with Crippen molar-refractivity contribution < 1.29 is 0 Å². The smallest absolute Gasteiger partial charge is 0.0415 e. The second-order valence-electron chi connectivity index (χ2n) is 4.56. The van der Waals surface area contributed by atoms with Crippen LogP contribution >= 0.6 is 0 Å². The molecule has 0 aliphatic carbocycles. The van der Waals surface area contributed by atoms with E-state index in [0.717, 1.165) is 18.7 Å². The Balaban J connectivity index is 2.69. The molecule has 0 radical (unpaired) electrons. The molecule has 2 N–H and O–H groups in total. The lowest BCUT2D eigenvalue weighted by Crippen LogP contribution is -2.03. The zero-order valence-corrected chi connectivity index (χ0v) is 10.5. The van der Waals surface area contributed by atoms with Crippen LogP contribution in [0, 0.1) is 5.92 Å². The van der Waals surface area contributed by atoms with Crippen molar-refractivity contribution >= 4 is 5.71 Å². The van der Waals surface area contributed by atoms with Crippen molar-refractivity contribution in [3.63, 3.8) is 0 Å². The first kappa shape index (κ1) is 12.9. The topological polar surface area (TPSA) is 38.4 Å². The van der Waals surface area contributed by atoms with Gasteiger partial charge in [0.25, 0.3) is 0 Å². The van der Waals surface area contributed by atoms with Gasteiger partial charge < -0.3 is 5.73 Å². The fourth-order valence-corrected chi connectivity index (χ4v) is 1.49. The van der Waals surface area contributed by atoms with Crippen molar-refractivity contribution in [2.45, 2.75) is 27.2 Å². The van der Waals surface area contributed by atoms with E-state index in [1.54, 1.807) is 0 Å². The highest BCUT2D eigenvalue weighted by molar-refractivity contribution is 5.98. The first-order valence-corrected chi connectivity index (χ1v) is 5.94. The standard InChI is InChI=1S/C14H22N2/c1-11(2)10-16-12(3)14-6-4-13(5-7-14)8-9-15/h4-7,11H,8-10,15H2,1-3H3/b16-12-. The minimum absolute atomic E-state index is 0.617. The summed E-state index contributed by atoms with van der Waals surface area (Å²) in [5.74, 6) is 0.617. The van der Waals surface area contributed by atoms with Gasteiger partial charge in [0.15, 0.2) is 0 Å². The van der Waals surface area contributed by atoms with E-state index in [4.69, 9.17) is 5.73 Å². The predicted octanol–water partition coefficient (Wildman–Crippen LogP) is 2.65. The normalized spacial score (nSPS) is 12.2. The lowest BCUT2D eigenvalue weighted by Gasteiger charge is -2.05. The monoisotopic (exact) mass is 218 g/mol. The van der Waals surface area contributed by atoms with Gasteiger partial charge in [-0.2, -0.15) is 0 Å². The molecule has 0 spiro atoms. The zero-order valence-electron chi connectivity index (χ0n) is 10.5. The van der Waals surface area contributed by atoms with Crippen LogP contribution in [-0.4, -0.2) is 18.8 Å². The van der Waals surface area contributed by atoms with Crippen LogP contribution in [-0.2, 0) is 6.42 Å². The summed E-state index contributed by atoms with van der Waals surface area (Å²) in [5.41, 5.74) is 9.14. The molecule has 0 amide bonds. The summed E-state index contributed by atoms with van der Waals surface area (Å²) in [6.07, 6.45) is 0.947. The molecule has 0 heterocycles. The van der Waals surface area contributed by atoms with Crippen molar-refractivity contribution in [1.82, 2.24) is 0 Å². The van der Waals surface area contributed by atoms with Gasteiger partial charge >= 0.3 is 0 Å². The van der Waals surface area contributed by atoms with E-state index in [9.17, 15) is 0 Å². The van der Waals surface area contributed by atoms with E-state index >= 15 is 0 Å². The van der Waals surface area contributed by atoms with Gasteiger partial charge in [-0.1, -0.05) is 38.1 Å². The quantitative estimate of drug-likeness (QED) is 0.758. The zero-order chi connectivity index (χ0) is 12.0. The van der Waals surface area contributed by atoms with Gasteiger partial charge in [0, 0.05) is 12.3 Å².